The molecule has 1 aromatic carbocycles. The fourth-order valence-electron chi connectivity index (χ4n) is 1.92. The number of anilines is 1. The first kappa shape index (κ1) is 11.8. The molecule has 0 saturated heterocycles. The van der Waals surface area contributed by atoms with Gasteiger partial charge in [-0.3, -0.25) is 0 Å². The first-order valence-electron chi connectivity index (χ1n) is 5.96. The highest BCUT2D eigenvalue weighted by Gasteiger charge is 2.08. The zero-order chi connectivity index (χ0) is 11.2. The van der Waals surface area contributed by atoms with E-state index in [2.05, 4.69) is 39.4 Å². The predicted octanol–water partition coefficient (Wildman–Crippen LogP) is 3.60. The Kier molecular flexibility index (Phi) is 4.52. The summed E-state index contributed by atoms with van der Waals surface area (Å²) in [7, 11) is 0. The summed E-state index contributed by atoms with van der Waals surface area (Å²) in [5.41, 5.74) is 2.67. The third-order valence-electron chi connectivity index (χ3n) is 2.82. The van der Waals surface area contributed by atoms with Crippen molar-refractivity contribution in [2.45, 2.75) is 25.7 Å². The molecule has 88 valence electrons. The van der Waals surface area contributed by atoms with Crippen LogP contribution in [0.15, 0.2) is 18.2 Å². The topological polar surface area (TPSA) is 21.3 Å². The molecule has 0 radical (unpaired) electrons. The van der Waals surface area contributed by atoms with Crippen LogP contribution >= 0.6 is 15.9 Å². The molecule has 1 aliphatic rings. The standard InChI is InChI=1S/C13H18BrNO/c14-7-1-2-9-16-12-6-5-11-4-3-8-15-13(11)10-12/h5-6,10,15H,1-4,7-9H2. The molecule has 0 atom stereocenters. The van der Waals surface area contributed by atoms with Gasteiger partial charge in [0.1, 0.15) is 5.75 Å². The van der Waals surface area contributed by atoms with Gasteiger partial charge in [0.2, 0.25) is 0 Å². The number of fused-ring (bicyclic) bond motifs is 1. The number of benzene rings is 1. The molecule has 0 aliphatic carbocycles. The Bertz CT molecular complexity index is 341. The molecule has 2 rings (SSSR count). The lowest BCUT2D eigenvalue weighted by molar-refractivity contribution is 0.310. The minimum atomic E-state index is 0.810. The molecule has 1 N–H and O–H groups in total. The van der Waals surface area contributed by atoms with Crippen molar-refractivity contribution >= 4 is 21.6 Å². The maximum atomic E-state index is 5.71. The Morgan fingerprint density at radius 2 is 2.25 bits per heavy atom. The fourth-order valence-corrected chi connectivity index (χ4v) is 2.31. The van der Waals surface area contributed by atoms with Crippen LogP contribution in [0, 0.1) is 0 Å². The first-order chi connectivity index (χ1) is 7.90. The number of hydrogen-bond acceptors (Lipinski definition) is 2. The van der Waals surface area contributed by atoms with Gasteiger partial charge in [-0.15, -0.1) is 0 Å². The number of unbranched alkanes of at least 4 members (excludes halogenated alkanes) is 1. The zero-order valence-corrected chi connectivity index (χ0v) is 11.1. The van der Waals surface area contributed by atoms with E-state index in [1.807, 2.05) is 0 Å². The van der Waals surface area contributed by atoms with Gasteiger partial charge < -0.3 is 10.1 Å². The Morgan fingerprint density at radius 1 is 1.31 bits per heavy atom. The Morgan fingerprint density at radius 3 is 3.12 bits per heavy atom. The van der Waals surface area contributed by atoms with Crippen molar-refractivity contribution in [1.82, 2.24) is 0 Å². The van der Waals surface area contributed by atoms with Gasteiger partial charge in [-0.1, -0.05) is 22.0 Å². The number of aryl methyl sites for hydroxylation is 1. The highest BCUT2D eigenvalue weighted by Crippen LogP contribution is 2.26. The lowest BCUT2D eigenvalue weighted by Gasteiger charge is -2.18. The van der Waals surface area contributed by atoms with Crippen LogP contribution < -0.4 is 10.1 Å². The third-order valence-corrected chi connectivity index (χ3v) is 3.38. The summed E-state index contributed by atoms with van der Waals surface area (Å²) in [6, 6.07) is 6.39. The van der Waals surface area contributed by atoms with Crippen molar-refractivity contribution in [3.8, 4) is 5.75 Å². The molecule has 1 aliphatic heterocycles. The van der Waals surface area contributed by atoms with Crippen molar-refractivity contribution in [3.63, 3.8) is 0 Å². The van der Waals surface area contributed by atoms with Gasteiger partial charge in [-0.25, -0.2) is 0 Å². The van der Waals surface area contributed by atoms with Crippen LogP contribution in [0.2, 0.25) is 0 Å². The van der Waals surface area contributed by atoms with E-state index in [0.717, 1.165) is 30.7 Å². The Balaban J connectivity index is 1.90. The number of halogens is 1. The minimum absolute atomic E-state index is 0.810. The van der Waals surface area contributed by atoms with Crippen molar-refractivity contribution in [3.05, 3.63) is 23.8 Å². The monoisotopic (exact) mass is 283 g/mol. The van der Waals surface area contributed by atoms with E-state index < -0.39 is 0 Å². The van der Waals surface area contributed by atoms with E-state index in [1.54, 1.807) is 0 Å². The summed E-state index contributed by atoms with van der Waals surface area (Å²) < 4.78 is 5.71. The summed E-state index contributed by atoms with van der Waals surface area (Å²) in [5.74, 6) is 0.989. The van der Waals surface area contributed by atoms with E-state index in [1.165, 1.54) is 30.5 Å². The van der Waals surface area contributed by atoms with Crippen molar-refractivity contribution < 1.29 is 4.74 Å². The summed E-state index contributed by atoms with van der Waals surface area (Å²) in [6.07, 6.45) is 4.70. The van der Waals surface area contributed by atoms with Crippen LogP contribution in [0.1, 0.15) is 24.8 Å². The van der Waals surface area contributed by atoms with Crippen LogP contribution in [0.25, 0.3) is 0 Å². The van der Waals surface area contributed by atoms with E-state index in [9.17, 15) is 0 Å². The summed E-state index contributed by atoms with van der Waals surface area (Å²) >= 11 is 3.42. The molecule has 0 amide bonds. The largest absolute Gasteiger partial charge is 0.494 e. The van der Waals surface area contributed by atoms with Gasteiger partial charge in [0.15, 0.2) is 0 Å². The second-order valence-electron chi connectivity index (χ2n) is 4.09. The number of hydrogen-bond donors (Lipinski definition) is 1. The smallest absolute Gasteiger partial charge is 0.121 e. The quantitative estimate of drug-likeness (QED) is 0.659. The molecule has 0 aromatic heterocycles. The van der Waals surface area contributed by atoms with Crippen LogP contribution in [0.4, 0.5) is 5.69 Å². The summed E-state index contributed by atoms with van der Waals surface area (Å²) in [4.78, 5) is 0. The van der Waals surface area contributed by atoms with Crippen LogP contribution in [0.5, 0.6) is 5.75 Å². The summed E-state index contributed by atoms with van der Waals surface area (Å²) in [5, 5.41) is 4.47. The average Bonchev–Trinajstić information content (AvgIpc) is 2.34. The summed E-state index contributed by atoms with van der Waals surface area (Å²) in [6.45, 7) is 1.89. The molecular formula is C13H18BrNO. The van der Waals surface area contributed by atoms with E-state index in [4.69, 9.17) is 4.74 Å². The number of ether oxygens (including phenoxy) is 1. The molecule has 2 nitrogen and oxygen atoms in total. The average molecular weight is 284 g/mol. The second-order valence-corrected chi connectivity index (χ2v) is 4.89. The molecule has 3 heteroatoms. The van der Waals surface area contributed by atoms with E-state index in [0.29, 0.717) is 0 Å². The predicted molar refractivity (Wildman–Crippen MR) is 71.8 cm³/mol. The van der Waals surface area contributed by atoms with E-state index >= 15 is 0 Å². The van der Waals surface area contributed by atoms with Crippen LogP contribution in [-0.2, 0) is 6.42 Å². The van der Waals surface area contributed by atoms with Crippen molar-refractivity contribution in [2.24, 2.45) is 0 Å². The first-order valence-corrected chi connectivity index (χ1v) is 7.08. The molecule has 0 unspecified atom stereocenters. The maximum Gasteiger partial charge on any atom is 0.121 e. The van der Waals surface area contributed by atoms with Gasteiger partial charge >= 0.3 is 0 Å². The molecule has 0 fully saturated rings. The minimum Gasteiger partial charge on any atom is -0.494 e. The lowest BCUT2D eigenvalue weighted by Crippen LogP contribution is -2.11. The zero-order valence-electron chi connectivity index (χ0n) is 9.47. The van der Waals surface area contributed by atoms with E-state index in [-0.39, 0.29) is 0 Å². The normalized spacial score (nSPS) is 14.1. The maximum absolute atomic E-state index is 5.71. The van der Waals surface area contributed by atoms with Gasteiger partial charge in [-0.05, 0) is 37.3 Å². The third kappa shape index (κ3) is 3.14. The van der Waals surface area contributed by atoms with Gasteiger partial charge in [0.25, 0.3) is 0 Å². The Labute approximate surface area is 106 Å². The second kappa shape index (κ2) is 6.14. The van der Waals surface area contributed by atoms with Crippen molar-refractivity contribution in [2.75, 3.05) is 23.8 Å². The Hall–Kier alpha value is -0.700. The SMILES string of the molecule is BrCCCCOc1ccc2c(c1)NCCC2. The molecule has 16 heavy (non-hydrogen) atoms. The number of nitrogens with one attached hydrogen (secondary N) is 1. The van der Waals surface area contributed by atoms with Crippen LogP contribution in [-0.4, -0.2) is 18.5 Å². The van der Waals surface area contributed by atoms with Gasteiger partial charge in [-0.2, -0.15) is 0 Å². The molecule has 0 spiro atoms. The number of rotatable bonds is 5. The lowest BCUT2D eigenvalue weighted by atomic mass is 10.0. The highest BCUT2D eigenvalue weighted by atomic mass is 79.9. The fraction of sp³-hybridized carbons (Fsp3) is 0.538. The van der Waals surface area contributed by atoms with Gasteiger partial charge in [0.05, 0.1) is 6.61 Å². The van der Waals surface area contributed by atoms with Crippen molar-refractivity contribution in [1.29, 1.82) is 0 Å². The number of alkyl halides is 1. The van der Waals surface area contributed by atoms with Crippen LogP contribution in [0.3, 0.4) is 0 Å². The molecular weight excluding hydrogens is 266 g/mol. The molecule has 1 heterocycles. The molecule has 0 bridgehead atoms. The van der Waals surface area contributed by atoms with Gasteiger partial charge in [0, 0.05) is 23.6 Å². The highest BCUT2D eigenvalue weighted by molar-refractivity contribution is 9.09. The molecule has 1 aromatic rings. The molecule has 0 saturated carbocycles.